The summed E-state index contributed by atoms with van der Waals surface area (Å²) in [6, 6.07) is 4.67. The minimum absolute atomic E-state index is 0.137. The van der Waals surface area contributed by atoms with Crippen molar-refractivity contribution < 1.29 is 9.18 Å². The van der Waals surface area contributed by atoms with Gasteiger partial charge in [0.25, 0.3) is 0 Å². The molecule has 0 N–H and O–H groups in total. The van der Waals surface area contributed by atoms with Crippen molar-refractivity contribution in [3.8, 4) is 0 Å². The van der Waals surface area contributed by atoms with Gasteiger partial charge in [-0.1, -0.05) is 17.7 Å². The Morgan fingerprint density at radius 3 is 2.75 bits per heavy atom. The van der Waals surface area contributed by atoms with Gasteiger partial charge in [-0.3, -0.25) is 4.79 Å². The van der Waals surface area contributed by atoms with Gasteiger partial charge in [0.2, 0.25) is 0 Å². The average Bonchev–Trinajstić information content (AvgIpc) is 2.21. The second-order valence-electron chi connectivity index (χ2n) is 3.94. The van der Waals surface area contributed by atoms with Gasteiger partial charge in [-0.05, 0) is 31.7 Å². The lowest BCUT2D eigenvalue weighted by Gasteiger charge is -2.15. The zero-order valence-corrected chi connectivity index (χ0v) is 10.2. The maximum Gasteiger partial charge on any atom is 0.141 e. The highest BCUT2D eigenvalue weighted by Gasteiger charge is 2.04. The molecule has 0 saturated carbocycles. The fourth-order valence-electron chi connectivity index (χ4n) is 1.38. The van der Waals surface area contributed by atoms with Gasteiger partial charge in [-0.15, -0.1) is 0 Å². The van der Waals surface area contributed by atoms with E-state index < -0.39 is 5.82 Å². The molecule has 0 aliphatic heterocycles. The number of nitrogens with zero attached hydrogens (tertiary/aromatic N) is 1. The van der Waals surface area contributed by atoms with Gasteiger partial charge in [-0.25, -0.2) is 4.39 Å². The molecule has 0 radical (unpaired) electrons. The van der Waals surface area contributed by atoms with Gasteiger partial charge < -0.3 is 4.90 Å². The Morgan fingerprint density at radius 1 is 1.50 bits per heavy atom. The van der Waals surface area contributed by atoms with Crippen molar-refractivity contribution in [2.75, 3.05) is 13.6 Å². The van der Waals surface area contributed by atoms with Crippen LogP contribution >= 0.6 is 11.6 Å². The van der Waals surface area contributed by atoms with Crippen LogP contribution in [0.5, 0.6) is 0 Å². The Labute approximate surface area is 100 Å². The van der Waals surface area contributed by atoms with Crippen molar-refractivity contribution >= 4 is 17.4 Å². The van der Waals surface area contributed by atoms with Gasteiger partial charge in [0.05, 0.1) is 5.02 Å². The number of benzene rings is 1. The van der Waals surface area contributed by atoms with E-state index in [1.54, 1.807) is 19.1 Å². The number of hydrogen-bond donors (Lipinski definition) is 0. The first-order valence-corrected chi connectivity index (χ1v) is 5.48. The van der Waals surface area contributed by atoms with Crippen LogP contribution in [0.4, 0.5) is 4.39 Å². The highest BCUT2D eigenvalue weighted by atomic mass is 35.5. The molecule has 0 atom stereocenters. The molecule has 1 aromatic carbocycles. The Morgan fingerprint density at radius 2 is 2.19 bits per heavy atom. The summed E-state index contributed by atoms with van der Waals surface area (Å²) in [4.78, 5) is 12.8. The number of Topliss-reactive ketones (excluding diaryl/α,β-unsaturated/α-hetero) is 1. The Balaban J connectivity index is 2.52. The summed E-state index contributed by atoms with van der Waals surface area (Å²) in [7, 11) is 1.92. The van der Waals surface area contributed by atoms with Crippen molar-refractivity contribution in [1.82, 2.24) is 4.90 Å². The molecule has 4 heteroatoms. The number of halogens is 2. The van der Waals surface area contributed by atoms with Gasteiger partial charge in [0.15, 0.2) is 0 Å². The van der Waals surface area contributed by atoms with E-state index in [0.717, 1.165) is 5.56 Å². The maximum atomic E-state index is 12.9. The summed E-state index contributed by atoms with van der Waals surface area (Å²) in [6.45, 7) is 2.93. The van der Waals surface area contributed by atoms with E-state index in [1.165, 1.54) is 6.07 Å². The molecule has 0 amide bonds. The minimum atomic E-state index is -0.406. The number of rotatable bonds is 5. The first kappa shape index (κ1) is 13.1. The molecule has 0 spiro atoms. The smallest absolute Gasteiger partial charge is 0.141 e. The molecular weight excluding hydrogens is 229 g/mol. The van der Waals surface area contributed by atoms with Crippen molar-refractivity contribution in [1.29, 1.82) is 0 Å². The molecule has 2 nitrogen and oxygen atoms in total. The lowest BCUT2D eigenvalue weighted by molar-refractivity contribution is -0.117. The molecule has 0 unspecified atom stereocenters. The number of carbonyl (C=O) groups is 1. The Kier molecular flexibility index (Phi) is 4.90. The van der Waals surface area contributed by atoms with Crippen LogP contribution in [0.3, 0.4) is 0 Å². The summed E-state index contributed by atoms with van der Waals surface area (Å²) in [6.07, 6.45) is 0.533. The van der Waals surface area contributed by atoms with E-state index in [4.69, 9.17) is 11.6 Å². The summed E-state index contributed by atoms with van der Waals surface area (Å²) in [5.74, 6) is -0.235. The van der Waals surface area contributed by atoms with Crippen molar-refractivity contribution in [3.05, 3.63) is 34.6 Å². The summed E-state index contributed by atoms with van der Waals surface area (Å²) in [5.41, 5.74) is 0.942. The van der Waals surface area contributed by atoms with E-state index in [2.05, 4.69) is 0 Å². The standard InChI is InChI=1S/C12H15ClFNO/c1-9(16)5-6-15(2)8-10-3-4-12(14)11(13)7-10/h3-4,7H,5-6,8H2,1-2H3. The zero-order valence-electron chi connectivity index (χ0n) is 9.46. The van der Waals surface area contributed by atoms with Crippen LogP contribution in [-0.4, -0.2) is 24.3 Å². The largest absolute Gasteiger partial charge is 0.302 e. The monoisotopic (exact) mass is 243 g/mol. The maximum absolute atomic E-state index is 12.9. The molecule has 1 aromatic rings. The summed E-state index contributed by atoms with van der Waals surface area (Å²) < 4.78 is 12.9. The molecular formula is C12H15ClFNO. The number of ketones is 1. The highest BCUT2D eigenvalue weighted by Crippen LogP contribution is 2.16. The van der Waals surface area contributed by atoms with Crippen molar-refractivity contribution in [3.63, 3.8) is 0 Å². The second kappa shape index (κ2) is 5.97. The molecule has 0 aromatic heterocycles. The molecule has 0 bridgehead atoms. The first-order valence-electron chi connectivity index (χ1n) is 5.11. The van der Waals surface area contributed by atoms with Crippen LogP contribution in [0, 0.1) is 5.82 Å². The van der Waals surface area contributed by atoms with E-state index in [0.29, 0.717) is 19.5 Å². The molecule has 0 heterocycles. The zero-order chi connectivity index (χ0) is 12.1. The lowest BCUT2D eigenvalue weighted by atomic mass is 10.2. The van der Waals surface area contributed by atoms with Crippen LogP contribution < -0.4 is 0 Å². The molecule has 0 aliphatic carbocycles. The van der Waals surface area contributed by atoms with E-state index in [-0.39, 0.29) is 10.8 Å². The van der Waals surface area contributed by atoms with Crippen LogP contribution in [0.25, 0.3) is 0 Å². The average molecular weight is 244 g/mol. The predicted molar refractivity (Wildman–Crippen MR) is 63.0 cm³/mol. The lowest BCUT2D eigenvalue weighted by Crippen LogP contribution is -2.20. The fraction of sp³-hybridized carbons (Fsp3) is 0.417. The SMILES string of the molecule is CC(=O)CCN(C)Cc1ccc(F)c(Cl)c1. The van der Waals surface area contributed by atoms with Gasteiger partial charge in [0, 0.05) is 19.5 Å². The molecule has 88 valence electrons. The van der Waals surface area contributed by atoms with Crippen LogP contribution in [0.2, 0.25) is 5.02 Å². The Bertz CT molecular complexity index is 381. The molecule has 0 aliphatic rings. The number of hydrogen-bond acceptors (Lipinski definition) is 2. The predicted octanol–water partition coefficient (Wildman–Crippen LogP) is 2.89. The van der Waals surface area contributed by atoms with E-state index in [9.17, 15) is 9.18 Å². The molecule has 0 fully saturated rings. The number of carbonyl (C=O) groups excluding carboxylic acids is 1. The van der Waals surface area contributed by atoms with Gasteiger partial charge >= 0.3 is 0 Å². The quantitative estimate of drug-likeness (QED) is 0.793. The van der Waals surface area contributed by atoms with E-state index in [1.807, 2.05) is 11.9 Å². The third-order valence-electron chi connectivity index (χ3n) is 2.28. The minimum Gasteiger partial charge on any atom is -0.302 e. The summed E-state index contributed by atoms with van der Waals surface area (Å²) >= 11 is 5.68. The molecule has 0 saturated heterocycles. The first-order chi connectivity index (χ1) is 7.49. The van der Waals surface area contributed by atoms with Gasteiger partial charge in [0.1, 0.15) is 11.6 Å². The normalized spacial score (nSPS) is 10.8. The Hall–Kier alpha value is -0.930. The third kappa shape index (κ3) is 4.29. The summed E-state index contributed by atoms with van der Waals surface area (Å²) in [5, 5.41) is 0.137. The van der Waals surface area contributed by atoms with Gasteiger partial charge in [-0.2, -0.15) is 0 Å². The second-order valence-corrected chi connectivity index (χ2v) is 4.35. The molecule has 16 heavy (non-hydrogen) atoms. The topological polar surface area (TPSA) is 20.3 Å². The third-order valence-corrected chi connectivity index (χ3v) is 2.57. The van der Waals surface area contributed by atoms with Crippen LogP contribution in [0.15, 0.2) is 18.2 Å². The molecule has 1 rings (SSSR count). The fourth-order valence-corrected chi connectivity index (χ4v) is 1.58. The van der Waals surface area contributed by atoms with Crippen molar-refractivity contribution in [2.45, 2.75) is 19.9 Å². The van der Waals surface area contributed by atoms with Crippen LogP contribution in [0.1, 0.15) is 18.9 Å². The van der Waals surface area contributed by atoms with E-state index >= 15 is 0 Å². The highest BCUT2D eigenvalue weighted by molar-refractivity contribution is 6.30. The van der Waals surface area contributed by atoms with Crippen LogP contribution in [-0.2, 0) is 11.3 Å². The van der Waals surface area contributed by atoms with Crippen molar-refractivity contribution in [2.24, 2.45) is 0 Å².